The first-order valence-corrected chi connectivity index (χ1v) is 7.51. The normalized spacial score (nSPS) is 9.18. The molecule has 0 aliphatic carbocycles. The van der Waals surface area contributed by atoms with Crippen molar-refractivity contribution in [2.24, 2.45) is 0 Å². The molecule has 0 amide bonds. The number of aliphatic hydroxyl groups is 1. The van der Waals surface area contributed by atoms with Crippen LogP contribution in [-0.2, 0) is 0 Å². The molecule has 0 spiro atoms. The van der Waals surface area contributed by atoms with E-state index in [2.05, 4.69) is 39.5 Å². The van der Waals surface area contributed by atoms with E-state index >= 15 is 0 Å². The molecule has 2 nitrogen and oxygen atoms in total. The lowest BCUT2D eigenvalue weighted by Gasteiger charge is -2.13. The van der Waals surface area contributed by atoms with Crippen molar-refractivity contribution in [2.75, 3.05) is 26.2 Å². The maximum Gasteiger partial charge on any atom is 0.0402 e. The van der Waals surface area contributed by atoms with Crippen LogP contribution in [-0.4, -0.2) is 36.2 Å². The highest BCUT2D eigenvalue weighted by Gasteiger charge is 1.89. The van der Waals surface area contributed by atoms with Crippen LogP contribution in [0.2, 0.25) is 0 Å². The van der Waals surface area contributed by atoms with Crippen molar-refractivity contribution in [1.82, 2.24) is 4.90 Å². The highest BCUT2D eigenvalue weighted by molar-refractivity contribution is 4.43. The van der Waals surface area contributed by atoms with E-state index in [0.717, 1.165) is 0 Å². The van der Waals surface area contributed by atoms with Crippen molar-refractivity contribution in [1.29, 1.82) is 0 Å². The van der Waals surface area contributed by atoms with E-state index in [1.54, 1.807) is 6.92 Å². The first-order valence-electron chi connectivity index (χ1n) is 7.51. The van der Waals surface area contributed by atoms with Gasteiger partial charge in [-0.3, -0.25) is 0 Å². The Balaban J connectivity index is -0.000000188. The molecule has 0 saturated carbocycles. The molecule has 0 unspecified atom stereocenters. The van der Waals surface area contributed by atoms with Gasteiger partial charge in [0.1, 0.15) is 0 Å². The Bertz CT molecular complexity index is 83.4. The second-order valence-corrected chi connectivity index (χ2v) is 4.00. The van der Waals surface area contributed by atoms with E-state index in [0.29, 0.717) is 0 Å². The summed E-state index contributed by atoms with van der Waals surface area (Å²) in [4.78, 5) is 2.38. The molecule has 0 aliphatic heterocycles. The van der Waals surface area contributed by atoms with Gasteiger partial charge < -0.3 is 10.0 Å². The number of rotatable bonds is 7. The Morgan fingerprint density at radius 1 is 0.647 bits per heavy atom. The molecule has 108 valence electrons. The lowest BCUT2D eigenvalue weighted by molar-refractivity contribution is 0.318. The van der Waals surface area contributed by atoms with E-state index in [1.807, 2.05) is 0 Å². The second kappa shape index (κ2) is 24.9. The zero-order chi connectivity index (χ0) is 13.9. The highest BCUT2D eigenvalue weighted by Crippen LogP contribution is 2.00. The van der Waals surface area contributed by atoms with E-state index in [9.17, 15) is 0 Å². The van der Waals surface area contributed by atoms with Crippen molar-refractivity contribution in [2.45, 2.75) is 73.6 Å². The lowest BCUT2D eigenvalue weighted by atomic mass is 10.2. The first kappa shape index (κ1) is 22.1. The van der Waals surface area contributed by atoms with Crippen LogP contribution in [0.15, 0.2) is 0 Å². The van der Waals surface area contributed by atoms with Crippen molar-refractivity contribution in [3.8, 4) is 0 Å². The third kappa shape index (κ3) is 31.3. The van der Waals surface area contributed by atoms with Crippen LogP contribution in [0.4, 0.5) is 0 Å². The fourth-order valence-corrected chi connectivity index (χ4v) is 1.35. The van der Waals surface area contributed by atoms with E-state index < -0.39 is 0 Å². The zero-order valence-electron chi connectivity index (χ0n) is 13.3. The third-order valence-corrected chi connectivity index (χ3v) is 2.55. The Morgan fingerprint density at radius 3 is 1.06 bits per heavy atom. The molecule has 0 fully saturated rings. The van der Waals surface area contributed by atoms with Crippen LogP contribution >= 0.6 is 0 Å². The van der Waals surface area contributed by atoms with Gasteiger partial charge in [-0.05, 0) is 26.6 Å². The molecule has 0 bridgehead atoms. The van der Waals surface area contributed by atoms with Crippen LogP contribution in [0.25, 0.3) is 0 Å². The maximum atomic E-state index is 7.57. The number of nitrogens with zero attached hydrogens (tertiary/aromatic N) is 1. The summed E-state index contributed by atoms with van der Waals surface area (Å²) in [6.45, 7) is 16.5. The SMILES string of the molecule is CCCCCCC.CCN(CC)CC.CCO. The van der Waals surface area contributed by atoms with Gasteiger partial charge in [0.05, 0.1) is 0 Å². The van der Waals surface area contributed by atoms with Crippen LogP contribution in [0.1, 0.15) is 73.6 Å². The average Bonchev–Trinajstić information content (AvgIpc) is 2.34. The summed E-state index contributed by atoms with van der Waals surface area (Å²) in [6.07, 6.45) is 7.01. The number of hydrogen-bond donors (Lipinski definition) is 1. The topological polar surface area (TPSA) is 23.5 Å². The Hall–Kier alpha value is -0.0800. The van der Waals surface area contributed by atoms with E-state index in [1.165, 1.54) is 51.7 Å². The number of hydrogen-bond acceptors (Lipinski definition) is 2. The molecule has 0 aliphatic rings. The van der Waals surface area contributed by atoms with Crippen molar-refractivity contribution in [3.05, 3.63) is 0 Å². The molecule has 0 aromatic rings. The molecule has 2 heteroatoms. The minimum Gasteiger partial charge on any atom is -0.397 e. The van der Waals surface area contributed by atoms with Crippen LogP contribution in [0.3, 0.4) is 0 Å². The van der Waals surface area contributed by atoms with Gasteiger partial charge in [-0.25, -0.2) is 0 Å². The standard InChI is InChI=1S/C7H16.C6H15N.C2H6O/c1-3-5-7-6-4-2;1-4-7(5-2)6-3;1-2-3/h3-7H2,1-2H3;4-6H2,1-3H3;3H,2H2,1H3. The molecule has 0 radical (unpaired) electrons. The smallest absolute Gasteiger partial charge is 0.0402 e. The Morgan fingerprint density at radius 2 is 0.941 bits per heavy atom. The van der Waals surface area contributed by atoms with Crippen LogP contribution < -0.4 is 0 Å². The Kier molecular flexibility index (Phi) is 32.5. The molecular weight excluding hydrogens is 210 g/mol. The summed E-state index contributed by atoms with van der Waals surface area (Å²) >= 11 is 0. The molecule has 0 aromatic carbocycles. The van der Waals surface area contributed by atoms with Gasteiger partial charge in [0.2, 0.25) is 0 Å². The van der Waals surface area contributed by atoms with Gasteiger partial charge in [0, 0.05) is 6.61 Å². The molecule has 0 atom stereocenters. The van der Waals surface area contributed by atoms with Crippen LogP contribution in [0, 0.1) is 0 Å². The summed E-state index contributed by atoms with van der Waals surface area (Å²) in [7, 11) is 0. The van der Waals surface area contributed by atoms with E-state index in [-0.39, 0.29) is 6.61 Å². The minimum atomic E-state index is 0.250. The summed E-state index contributed by atoms with van der Waals surface area (Å²) < 4.78 is 0. The fourth-order valence-electron chi connectivity index (χ4n) is 1.35. The molecule has 0 saturated heterocycles. The zero-order valence-corrected chi connectivity index (χ0v) is 13.3. The van der Waals surface area contributed by atoms with Crippen LogP contribution in [0.5, 0.6) is 0 Å². The summed E-state index contributed by atoms with van der Waals surface area (Å²) in [5.41, 5.74) is 0. The summed E-state index contributed by atoms with van der Waals surface area (Å²) in [5.74, 6) is 0. The summed E-state index contributed by atoms with van der Waals surface area (Å²) in [5, 5.41) is 7.57. The lowest BCUT2D eigenvalue weighted by Crippen LogP contribution is -2.21. The molecule has 0 heterocycles. The van der Waals surface area contributed by atoms with Gasteiger partial charge in [-0.1, -0.05) is 66.7 Å². The molecule has 1 N–H and O–H groups in total. The third-order valence-electron chi connectivity index (χ3n) is 2.55. The second-order valence-electron chi connectivity index (χ2n) is 4.00. The van der Waals surface area contributed by atoms with Gasteiger partial charge in [-0.2, -0.15) is 0 Å². The molecule has 17 heavy (non-hydrogen) atoms. The molecular formula is C15H37NO. The average molecular weight is 247 g/mol. The van der Waals surface area contributed by atoms with Gasteiger partial charge in [-0.15, -0.1) is 0 Å². The monoisotopic (exact) mass is 247 g/mol. The predicted octanol–water partition coefficient (Wildman–Crippen LogP) is 4.32. The van der Waals surface area contributed by atoms with Gasteiger partial charge in [0.15, 0.2) is 0 Å². The number of unbranched alkanes of at least 4 members (excludes halogenated alkanes) is 4. The van der Waals surface area contributed by atoms with Crippen molar-refractivity contribution >= 4 is 0 Å². The quantitative estimate of drug-likeness (QED) is 0.677. The molecule has 0 aromatic heterocycles. The first-order chi connectivity index (χ1) is 8.17. The van der Waals surface area contributed by atoms with Gasteiger partial charge in [0.25, 0.3) is 0 Å². The summed E-state index contributed by atoms with van der Waals surface area (Å²) in [6, 6.07) is 0. The number of aliphatic hydroxyl groups excluding tert-OH is 1. The molecule has 0 rings (SSSR count). The fraction of sp³-hybridized carbons (Fsp3) is 1.00. The Labute approximate surface area is 110 Å². The van der Waals surface area contributed by atoms with E-state index in [4.69, 9.17) is 5.11 Å². The van der Waals surface area contributed by atoms with Crippen molar-refractivity contribution in [3.63, 3.8) is 0 Å². The largest absolute Gasteiger partial charge is 0.397 e. The maximum absolute atomic E-state index is 7.57. The van der Waals surface area contributed by atoms with Crippen molar-refractivity contribution < 1.29 is 5.11 Å². The minimum absolute atomic E-state index is 0.250. The highest BCUT2D eigenvalue weighted by atomic mass is 16.2. The predicted molar refractivity (Wildman–Crippen MR) is 80.7 cm³/mol. The van der Waals surface area contributed by atoms with Gasteiger partial charge >= 0.3 is 0 Å².